The molecule has 60 valence electrons. The van der Waals surface area contributed by atoms with Crippen LogP contribution in [0.25, 0.3) is 0 Å². The highest BCUT2D eigenvalue weighted by molar-refractivity contribution is 5.71. The standard InChI is InChI=1S/C7H9NO3/c1-6(9)2-3-8-4-5-11-7(8)10/h6,9H,4-5H2,1H3/t6-/m0/s1. The van der Waals surface area contributed by atoms with E-state index in [1.54, 1.807) is 0 Å². The molecule has 0 unspecified atom stereocenters. The fraction of sp³-hybridized carbons (Fsp3) is 0.571. The van der Waals surface area contributed by atoms with Gasteiger partial charge in [0.1, 0.15) is 12.7 Å². The van der Waals surface area contributed by atoms with E-state index in [1.807, 2.05) is 0 Å². The summed E-state index contributed by atoms with van der Waals surface area (Å²) in [6.45, 7) is 2.40. The SMILES string of the molecule is C[C@H](O)C#CN1CCOC1=O. The number of carbonyl (C=O) groups is 1. The Morgan fingerprint density at radius 3 is 3.00 bits per heavy atom. The quantitative estimate of drug-likeness (QED) is 0.492. The van der Waals surface area contributed by atoms with Crippen LogP contribution in [0.3, 0.4) is 0 Å². The summed E-state index contributed by atoms with van der Waals surface area (Å²) in [4.78, 5) is 11.9. The number of aliphatic hydroxyl groups is 1. The van der Waals surface area contributed by atoms with E-state index in [4.69, 9.17) is 5.11 Å². The van der Waals surface area contributed by atoms with Gasteiger partial charge in [0, 0.05) is 6.04 Å². The topological polar surface area (TPSA) is 49.8 Å². The van der Waals surface area contributed by atoms with E-state index in [1.165, 1.54) is 11.8 Å². The highest BCUT2D eigenvalue weighted by Gasteiger charge is 2.19. The Morgan fingerprint density at radius 1 is 1.82 bits per heavy atom. The van der Waals surface area contributed by atoms with Gasteiger partial charge in [-0.2, -0.15) is 0 Å². The summed E-state index contributed by atoms with van der Waals surface area (Å²) in [5.74, 6) is 2.45. The van der Waals surface area contributed by atoms with Gasteiger partial charge >= 0.3 is 6.09 Å². The minimum absolute atomic E-state index is 0.382. The first-order valence-electron chi connectivity index (χ1n) is 3.33. The first kappa shape index (κ1) is 7.89. The minimum atomic E-state index is -0.705. The minimum Gasteiger partial charge on any atom is -0.447 e. The molecule has 1 rings (SSSR count). The smallest absolute Gasteiger partial charge is 0.421 e. The Hall–Kier alpha value is -1.21. The van der Waals surface area contributed by atoms with Crippen molar-refractivity contribution in [3.05, 3.63) is 0 Å². The molecule has 1 aliphatic heterocycles. The molecule has 1 aliphatic rings. The summed E-state index contributed by atoms with van der Waals surface area (Å²) < 4.78 is 4.60. The summed E-state index contributed by atoms with van der Waals surface area (Å²) in [7, 11) is 0. The molecule has 1 fully saturated rings. The van der Waals surface area contributed by atoms with E-state index in [2.05, 4.69) is 16.7 Å². The largest absolute Gasteiger partial charge is 0.447 e. The number of hydrogen-bond acceptors (Lipinski definition) is 3. The molecule has 4 nitrogen and oxygen atoms in total. The molecule has 0 aromatic heterocycles. The monoisotopic (exact) mass is 155 g/mol. The average molecular weight is 155 g/mol. The summed E-state index contributed by atoms with van der Waals surface area (Å²) in [6, 6.07) is 2.49. The van der Waals surface area contributed by atoms with Crippen LogP contribution >= 0.6 is 0 Å². The summed E-state index contributed by atoms with van der Waals surface area (Å²) in [5.41, 5.74) is 0. The van der Waals surface area contributed by atoms with Crippen LogP contribution in [0.4, 0.5) is 4.79 Å². The van der Waals surface area contributed by atoms with Crippen LogP contribution in [0.2, 0.25) is 0 Å². The molecule has 0 aliphatic carbocycles. The second kappa shape index (κ2) is 3.26. The molecule has 4 heteroatoms. The highest BCUT2D eigenvalue weighted by atomic mass is 16.6. The van der Waals surface area contributed by atoms with Crippen molar-refractivity contribution in [2.24, 2.45) is 0 Å². The lowest BCUT2D eigenvalue weighted by atomic mass is 10.4. The maximum atomic E-state index is 10.7. The number of rotatable bonds is 0. The second-order valence-electron chi connectivity index (χ2n) is 2.20. The summed E-state index contributed by atoms with van der Waals surface area (Å²) >= 11 is 0. The normalized spacial score (nSPS) is 18.7. The number of nitrogens with zero attached hydrogens (tertiary/aromatic N) is 1. The maximum absolute atomic E-state index is 10.7. The lowest BCUT2D eigenvalue weighted by Crippen LogP contribution is -2.18. The van der Waals surface area contributed by atoms with Gasteiger partial charge in [-0.1, -0.05) is 0 Å². The van der Waals surface area contributed by atoms with E-state index in [0.717, 1.165) is 0 Å². The fourth-order valence-electron chi connectivity index (χ4n) is 0.666. The van der Waals surface area contributed by atoms with Gasteiger partial charge in [-0.05, 0) is 12.8 Å². The van der Waals surface area contributed by atoms with Crippen molar-refractivity contribution in [1.29, 1.82) is 0 Å². The lowest BCUT2D eigenvalue weighted by Gasteiger charge is -1.99. The van der Waals surface area contributed by atoms with Crippen molar-refractivity contribution in [2.45, 2.75) is 13.0 Å². The van der Waals surface area contributed by atoms with E-state index < -0.39 is 12.2 Å². The molecular weight excluding hydrogens is 146 g/mol. The number of aliphatic hydroxyl groups excluding tert-OH is 1. The van der Waals surface area contributed by atoms with Gasteiger partial charge in [0.25, 0.3) is 0 Å². The molecule has 1 N–H and O–H groups in total. The van der Waals surface area contributed by atoms with Crippen LogP contribution in [-0.2, 0) is 4.74 Å². The zero-order chi connectivity index (χ0) is 8.27. The number of ether oxygens (including phenoxy) is 1. The molecule has 0 aromatic carbocycles. The summed E-state index contributed by atoms with van der Waals surface area (Å²) in [6.07, 6.45) is -1.14. The Labute approximate surface area is 64.8 Å². The van der Waals surface area contributed by atoms with Crippen molar-refractivity contribution in [3.8, 4) is 12.0 Å². The van der Waals surface area contributed by atoms with Crippen molar-refractivity contribution in [2.75, 3.05) is 13.2 Å². The van der Waals surface area contributed by atoms with Gasteiger partial charge in [-0.3, -0.25) is 0 Å². The van der Waals surface area contributed by atoms with Crippen LogP contribution in [0.5, 0.6) is 0 Å². The van der Waals surface area contributed by atoms with Crippen LogP contribution < -0.4 is 0 Å². The van der Waals surface area contributed by atoms with Gasteiger partial charge in [-0.15, -0.1) is 0 Å². The Morgan fingerprint density at radius 2 is 2.55 bits per heavy atom. The molecule has 0 aromatic rings. The average Bonchev–Trinajstić information content (AvgIpc) is 2.31. The van der Waals surface area contributed by atoms with Crippen LogP contribution in [0.15, 0.2) is 0 Å². The molecule has 1 amide bonds. The first-order chi connectivity index (χ1) is 5.20. The fourth-order valence-corrected chi connectivity index (χ4v) is 0.666. The zero-order valence-corrected chi connectivity index (χ0v) is 6.20. The van der Waals surface area contributed by atoms with Gasteiger partial charge in [0.15, 0.2) is 0 Å². The van der Waals surface area contributed by atoms with E-state index in [-0.39, 0.29) is 0 Å². The predicted molar refractivity (Wildman–Crippen MR) is 37.5 cm³/mol. The number of cyclic esters (lactones) is 1. The Bertz CT molecular complexity index is 213. The molecule has 1 saturated heterocycles. The van der Waals surface area contributed by atoms with Crippen LogP contribution in [0, 0.1) is 12.0 Å². The molecule has 0 spiro atoms. The van der Waals surface area contributed by atoms with E-state index >= 15 is 0 Å². The molecule has 0 bridgehead atoms. The molecule has 1 atom stereocenters. The maximum Gasteiger partial charge on any atom is 0.421 e. The number of carbonyl (C=O) groups excluding carboxylic acids is 1. The molecule has 11 heavy (non-hydrogen) atoms. The Balaban J connectivity index is 2.50. The molecule has 1 heterocycles. The molecule has 0 radical (unpaired) electrons. The van der Waals surface area contributed by atoms with Crippen molar-refractivity contribution >= 4 is 6.09 Å². The number of amides is 1. The highest BCUT2D eigenvalue weighted by Crippen LogP contribution is 1.99. The zero-order valence-electron chi connectivity index (χ0n) is 6.20. The third-order valence-corrected chi connectivity index (χ3v) is 1.17. The summed E-state index contributed by atoms with van der Waals surface area (Å²) in [5, 5.41) is 8.75. The second-order valence-corrected chi connectivity index (χ2v) is 2.20. The number of hydrogen-bond donors (Lipinski definition) is 1. The van der Waals surface area contributed by atoms with E-state index in [0.29, 0.717) is 13.2 Å². The van der Waals surface area contributed by atoms with Crippen molar-refractivity contribution < 1.29 is 14.6 Å². The lowest BCUT2D eigenvalue weighted by molar-refractivity contribution is 0.167. The van der Waals surface area contributed by atoms with Gasteiger partial charge in [0.05, 0.1) is 6.54 Å². The van der Waals surface area contributed by atoms with Crippen molar-refractivity contribution in [3.63, 3.8) is 0 Å². The third kappa shape index (κ3) is 2.13. The predicted octanol–water partition coefficient (Wildman–Crippen LogP) is -0.220. The van der Waals surface area contributed by atoms with E-state index in [9.17, 15) is 4.79 Å². The Kier molecular flexibility index (Phi) is 2.34. The van der Waals surface area contributed by atoms with Crippen molar-refractivity contribution in [1.82, 2.24) is 4.90 Å². The third-order valence-electron chi connectivity index (χ3n) is 1.17. The molecular formula is C7H9NO3. The first-order valence-corrected chi connectivity index (χ1v) is 3.33. The van der Waals surface area contributed by atoms with Crippen LogP contribution in [-0.4, -0.2) is 35.4 Å². The van der Waals surface area contributed by atoms with Gasteiger partial charge in [-0.25, -0.2) is 9.69 Å². The van der Waals surface area contributed by atoms with Gasteiger partial charge in [0.2, 0.25) is 0 Å². The van der Waals surface area contributed by atoms with Gasteiger partial charge < -0.3 is 9.84 Å². The van der Waals surface area contributed by atoms with Crippen LogP contribution in [0.1, 0.15) is 6.92 Å². The molecule has 0 saturated carbocycles.